The molecule has 0 fully saturated rings. The zero-order valence-corrected chi connectivity index (χ0v) is 13.5. The molecule has 0 bridgehead atoms. The maximum absolute atomic E-state index is 4.33. The van der Waals surface area contributed by atoms with Crippen LogP contribution in [0.2, 0.25) is 0 Å². The summed E-state index contributed by atoms with van der Waals surface area (Å²) < 4.78 is 1.11. The third-order valence-corrected chi connectivity index (χ3v) is 4.19. The fourth-order valence-corrected chi connectivity index (χ4v) is 2.89. The Labute approximate surface area is 133 Å². The maximum Gasteiger partial charge on any atom is 0.0346 e. The number of fused-ring (bicyclic) bond motifs is 1. The topological polar surface area (TPSA) is 24.9 Å². The van der Waals surface area contributed by atoms with E-state index in [2.05, 4.69) is 69.6 Å². The van der Waals surface area contributed by atoms with Crippen LogP contribution in [0.4, 0.5) is 0 Å². The Balaban J connectivity index is 1.77. The highest BCUT2D eigenvalue weighted by atomic mass is 79.9. The number of benzene rings is 2. The van der Waals surface area contributed by atoms with Crippen LogP contribution in [0.5, 0.6) is 0 Å². The van der Waals surface area contributed by atoms with Gasteiger partial charge in [0.05, 0.1) is 0 Å². The fourth-order valence-electron chi connectivity index (χ4n) is 2.48. The summed E-state index contributed by atoms with van der Waals surface area (Å²) in [7, 11) is 0. The van der Waals surface area contributed by atoms with Crippen molar-refractivity contribution in [2.45, 2.75) is 19.5 Å². The third kappa shape index (κ3) is 3.31. The van der Waals surface area contributed by atoms with Crippen LogP contribution in [0.3, 0.4) is 0 Å². The predicted molar refractivity (Wildman–Crippen MR) is 91.1 cm³/mol. The molecule has 0 radical (unpaired) electrons. The van der Waals surface area contributed by atoms with E-state index < -0.39 is 0 Å². The molecule has 0 spiro atoms. The summed E-state index contributed by atoms with van der Waals surface area (Å²) in [5.41, 5.74) is 2.51. The van der Waals surface area contributed by atoms with Crippen molar-refractivity contribution in [3.8, 4) is 0 Å². The molecule has 21 heavy (non-hydrogen) atoms. The first-order valence-corrected chi connectivity index (χ1v) is 7.84. The van der Waals surface area contributed by atoms with E-state index >= 15 is 0 Å². The van der Waals surface area contributed by atoms with Gasteiger partial charge in [0.25, 0.3) is 0 Å². The molecule has 0 aliphatic heterocycles. The van der Waals surface area contributed by atoms with Gasteiger partial charge in [0.15, 0.2) is 0 Å². The first-order chi connectivity index (χ1) is 10.2. The summed E-state index contributed by atoms with van der Waals surface area (Å²) in [6, 6.07) is 17.1. The van der Waals surface area contributed by atoms with Gasteiger partial charge >= 0.3 is 0 Å². The normalized spacial score (nSPS) is 12.5. The van der Waals surface area contributed by atoms with Gasteiger partial charge in [0.1, 0.15) is 0 Å². The minimum Gasteiger partial charge on any atom is -0.306 e. The molecule has 1 aromatic heterocycles. The number of nitrogens with one attached hydrogen (secondary N) is 1. The Bertz CT molecular complexity index is 750. The summed E-state index contributed by atoms with van der Waals surface area (Å²) in [4.78, 5) is 4.33. The average molecular weight is 341 g/mol. The van der Waals surface area contributed by atoms with Crippen LogP contribution in [0.25, 0.3) is 10.8 Å². The molecule has 3 heteroatoms. The zero-order chi connectivity index (χ0) is 14.7. The predicted octanol–water partition coefficient (Wildman–Crippen LogP) is 4.85. The van der Waals surface area contributed by atoms with E-state index in [4.69, 9.17) is 0 Å². The molecule has 0 unspecified atom stereocenters. The van der Waals surface area contributed by atoms with Crippen molar-refractivity contribution in [1.82, 2.24) is 10.3 Å². The van der Waals surface area contributed by atoms with Crippen LogP contribution in [-0.4, -0.2) is 4.98 Å². The van der Waals surface area contributed by atoms with Crippen LogP contribution < -0.4 is 5.32 Å². The standard InChI is InChI=1S/C18H17BrN2/c1-13(14-6-4-7-17(19)9-14)21-12-16-11-20-10-15-5-2-3-8-18(15)16/h2-11,13,21H,12H2,1H3/t13-/m1/s1. The Morgan fingerprint density at radius 3 is 2.81 bits per heavy atom. The van der Waals surface area contributed by atoms with Crippen molar-refractivity contribution in [3.05, 3.63) is 76.5 Å². The zero-order valence-electron chi connectivity index (χ0n) is 11.9. The Hall–Kier alpha value is -1.71. The number of rotatable bonds is 4. The number of hydrogen-bond donors (Lipinski definition) is 1. The molecule has 0 aliphatic carbocycles. The summed E-state index contributed by atoms with van der Waals surface area (Å²) in [5.74, 6) is 0. The van der Waals surface area contributed by atoms with E-state index in [0.717, 1.165) is 11.0 Å². The molecule has 0 amide bonds. The summed E-state index contributed by atoms with van der Waals surface area (Å²) in [5, 5.41) is 6.03. The fraction of sp³-hybridized carbons (Fsp3) is 0.167. The number of aromatic nitrogens is 1. The first kappa shape index (κ1) is 14.2. The third-order valence-electron chi connectivity index (χ3n) is 3.70. The largest absolute Gasteiger partial charge is 0.306 e. The highest BCUT2D eigenvalue weighted by Crippen LogP contribution is 2.20. The van der Waals surface area contributed by atoms with Gasteiger partial charge in [-0.2, -0.15) is 0 Å². The summed E-state index contributed by atoms with van der Waals surface area (Å²) >= 11 is 3.52. The number of nitrogens with zero attached hydrogens (tertiary/aromatic N) is 1. The SMILES string of the molecule is C[C@@H](NCc1cncc2ccccc12)c1cccc(Br)c1. The lowest BCUT2D eigenvalue weighted by Crippen LogP contribution is -2.18. The minimum absolute atomic E-state index is 0.293. The minimum atomic E-state index is 0.293. The lowest BCUT2D eigenvalue weighted by molar-refractivity contribution is 0.575. The Kier molecular flexibility index (Phi) is 4.32. The van der Waals surface area contributed by atoms with Gasteiger partial charge in [-0.3, -0.25) is 4.98 Å². The van der Waals surface area contributed by atoms with Crippen molar-refractivity contribution in [2.24, 2.45) is 0 Å². The molecule has 3 aromatic rings. The molecular weight excluding hydrogens is 324 g/mol. The Morgan fingerprint density at radius 2 is 1.95 bits per heavy atom. The smallest absolute Gasteiger partial charge is 0.0346 e. The monoisotopic (exact) mass is 340 g/mol. The second-order valence-corrected chi connectivity index (χ2v) is 6.09. The molecule has 3 rings (SSSR count). The first-order valence-electron chi connectivity index (χ1n) is 7.04. The van der Waals surface area contributed by atoms with Crippen molar-refractivity contribution in [3.63, 3.8) is 0 Å². The van der Waals surface area contributed by atoms with Crippen molar-refractivity contribution < 1.29 is 0 Å². The van der Waals surface area contributed by atoms with Gasteiger partial charge in [-0.05, 0) is 35.6 Å². The van der Waals surface area contributed by atoms with E-state index in [1.807, 2.05) is 24.5 Å². The van der Waals surface area contributed by atoms with Crippen LogP contribution in [0.15, 0.2) is 65.4 Å². The number of halogens is 1. The van der Waals surface area contributed by atoms with Gasteiger partial charge in [0.2, 0.25) is 0 Å². The summed E-state index contributed by atoms with van der Waals surface area (Å²) in [6.07, 6.45) is 3.86. The van der Waals surface area contributed by atoms with E-state index in [-0.39, 0.29) is 0 Å². The van der Waals surface area contributed by atoms with Crippen LogP contribution in [-0.2, 0) is 6.54 Å². The number of pyridine rings is 1. The molecule has 1 atom stereocenters. The van der Waals surface area contributed by atoms with Crippen molar-refractivity contribution in [1.29, 1.82) is 0 Å². The Morgan fingerprint density at radius 1 is 1.10 bits per heavy atom. The molecule has 0 saturated heterocycles. The van der Waals surface area contributed by atoms with Gasteiger partial charge < -0.3 is 5.32 Å². The molecule has 2 aromatic carbocycles. The van der Waals surface area contributed by atoms with E-state index in [0.29, 0.717) is 6.04 Å². The van der Waals surface area contributed by atoms with Gasteiger partial charge in [-0.25, -0.2) is 0 Å². The molecular formula is C18H17BrN2. The maximum atomic E-state index is 4.33. The molecule has 0 aliphatic rings. The van der Waals surface area contributed by atoms with Crippen molar-refractivity contribution in [2.75, 3.05) is 0 Å². The van der Waals surface area contributed by atoms with E-state index in [1.54, 1.807) is 0 Å². The lowest BCUT2D eigenvalue weighted by atomic mass is 10.1. The van der Waals surface area contributed by atoms with E-state index in [9.17, 15) is 0 Å². The highest BCUT2D eigenvalue weighted by Gasteiger charge is 2.07. The van der Waals surface area contributed by atoms with Crippen LogP contribution in [0, 0.1) is 0 Å². The average Bonchev–Trinajstić information content (AvgIpc) is 2.52. The molecule has 0 saturated carbocycles. The van der Waals surface area contributed by atoms with Crippen molar-refractivity contribution >= 4 is 26.7 Å². The van der Waals surface area contributed by atoms with Gasteiger partial charge in [-0.15, -0.1) is 0 Å². The second kappa shape index (κ2) is 6.37. The quantitative estimate of drug-likeness (QED) is 0.734. The van der Waals surface area contributed by atoms with E-state index in [1.165, 1.54) is 21.9 Å². The number of hydrogen-bond acceptors (Lipinski definition) is 2. The molecule has 2 nitrogen and oxygen atoms in total. The van der Waals surface area contributed by atoms with Gasteiger partial charge in [0, 0.05) is 34.8 Å². The van der Waals surface area contributed by atoms with Crippen LogP contribution >= 0.6 is 15.9 Å². The highest BCUT2D eigenvalue weighted by molar-refractivity contribution is 9.10. The van der Waals surface area contributed by atoms with Crippen LogP contribution in [0.1, 0.15) is 24.1 Å². The molecule has 1 N–H and O–H groups in total. The molecule has 106 valence electrons. The molecule has 1 heterocycles. The van der Waals surface area contributed by atoms with Gasteiger partial charge in [-0.1, -0.05) is 52.3 Å². The summed E-state index contributed by atoms with van der Waals surface area (Å²) in [6.45, 7) is 2.99. The lowest BCUT2D eigenvalue weighted by Gasteiger charge is -2.15. The second-order valence-electron chi connectivity index (χ2n) is 5.18.